The van der Waals surface area contributed by atoms with Gasteiger partial charge in [-0.1, -0.05) is 23.7 Å². The molecule has 0 saturated carbocycles. The van der Waals surface area contributed by atoms with Gasteiger partial charge >= 0.3 is 0 Å². The second kappa shape index (κ2) is 8.43. The standard InChI is InChI=1S/C20H19ClFNO3/c21-16-3-1-2-15(12-16)19-13-23(10-11-26-19)20(25)9-8-18(24)14-4-6-17(22)7-5-14/h1-7,12,19H,8-11,13H2. The van der Waals surface area contributed by atoms with Crippen molar-refractivity contribution in [3.05, 3.63) is 70.5 Å². The van der Waals surface area contributed by atoms with E-state index in [2.05, 4.69) is 0 Å². The third-order valence-corrected chi connectivity index (χ3v) is 4.61. The maximum atomic E-state index is 12.9. The highest BCUT2D eigenvalue weighted by molar-refractivity contribution is 6.30. The lowest BCUT2D eigenvalue weighted by atomic mass is 10.0. The van der Waals surface area contributed by atoms with Crippen molar-refractivity contribution in [2.45, 2.75) is 18.9 Å². The summed E-state index contributed by atoms with van der Waals surface area (Å²) in [4.78, 5) is 26.3. The summed E-state index contributed by atoms with van der Waals surface area (Å²) in [6.07, 6.45) is 0.00137. The van der Waals surface area contributed by atoms with E-state index in [9.17, 15) is 14.0 Å². The topological polar surface area (TPSA) is 46.6 Å². The Bertz CT molecular complexity index is 794. The van der Waals surface area contributed by atoms with Crippen molar-refractivity contribution in [3.63, 3.8) is 0 Å². The van der Waals surface area contributed by atoms with Crippen LogP contribution in [0.3, 0.4) is 0 Å². The average Bonchev–Trinajstić information content (AvgIpc) is 2.66. The molecule has 1 heterocycles. The predicted octanol–water partition coefficient (Wildman–Crippen LogP) is 4.04. The third-order valence-electron chi connectivity index (χ3n) is 4.37. The lowest BCUT2D eigenvalue weighted by Crippen LogP contribution is -2.42. The molecule has 1 fully saturated rings. The van der Waals surface area contributed by atoms with Crippen LogP contribution in [0.2, 0.25) is 5.02 Å². The van der Waals surface area contributed by atoms with Crippen LogP contribution in [0.25, 0.3) is 0 Å². The Balaban J connectivity index is 1.55. The number of hydrogen-bond donors (Lipinski definition) is 0. The van der Waals surface area contributed by atoms with Gasteiger partial charge in [-0.25, -0.2) is 4.39 Å². The smallest absolute Gasteiger partial charge is 0.223 e. The van der Waals surface area contributed by atoms with E-state index >= 15 is 0 Å². The minimum absolute atomic E-state index is 0.0872. The Labute approximate surface area is 156 Å². The van der Waals surface area contributed by atoms with Crippen LogP contribution in [-0.2, 0) is 9.53 Å². The monoisotopic (exact) mass is 375 g/mol. The molecule has 2 aromatic carbocycles. The molecular formula is C20H19ClFNO3. The maximum absolute atomic E-state index is 12.9. The first-order valence-corrected chi connectivity index (χ1v) is 8.84. The van der Waals surface area contributed by atoms with Gasteiger partial charge in [-0.2, -0.15) is 0 Å². The molecule has 2 aromatic rings. The fraction of sp³-hybridized carbons (Fsp3) is 0.300. The van der Waals surface area contributed by atoms with Crippen LogP contribution in [0.5, 0.6) is 0 Å². The summed E-state index contributed by atoms with van der Waals surface area (Å²) >= 11 is 6.02. The molecule has 0 aliphatic carbocycles. The van der Waals surface area contributed by atoms with E-state index in [4.69, 9.17) is 16.3 Å². The first-order valence-electron chi connectivity index (χ1n) is 8.46. The number of nitrogens with zero attached hydrogens (tertiary/aromatic N) is 1. The molecule has 26 heavy (non-hydrogen) atoms. The number of Topliss-reactive ketones (excluding diaryl/α,β-unsaturated/α-hetero) is 1. The third kappa shape index (κ3) is 4.68. The largest absolute Gasteiger partial charge is 0.370 e. The second-order valence-electron chi connectivity index (χ2n) is 6.18. The van der Waals surface area contributed by atoms with Crippen molar-refractivity contribution in [1.82, 2.24) is 4.90 Å². The van der Waals surface area contributed by atoms with Crippen LogP contribution in [0, 0.1) is 5.82 Å². The zero-order valence-electron chi connectivity index (χ0n) is 14.2. The van der Waals surface area contributed by atoms with Gasteiger partial charge in [-0.3, -0.25) is 9.59 Å². The number of halogens is 2. The normalized spacial score (nSPS) is 17.2. The van der Waals surface area contributed by atoms with Gasteiger partial charge in [0.25, 0.3) is 0 Å². The van der Waals surface area contributed by atoms with Gasteiger partial charge in [-0.15, -0.1) is 0 Å². The predicted molar refractivity (Wildman–Crippen MR) is 96.7 cm³/mol. The Morgan fingerprint density at radius 1 is 1.15 bits per heavy atom. The van der Waals surface area contributed by atoms with Crippen LogP contribution in [-0.4, -0.2) is 36.3 Å². The van der Waals surface area contributed by atoms with Crippen LogP contribution in [0.4, 0.5) is 4.39 Å². The van der Waals surface area contributed by atoms with Gasteiger partial charge < -0.3 is 9.64 Å². The van der Waals surface area contributed by atoms with E-state index in [1.54, 1.807) is 11.0 Å². The Kier molecular flexibility index (Phi) is 6.01. The van der Waals surface area contributed by atoms with Crippen LogP contribution in [0.15, 0.2) is 48.5 Å². The summed E-state index contributed by atoms with van der Waals surface area (Å²) in [5, 5.41) is 0.624. The van der Waals surface area contributed by atoms with Gasteiger partial charge in [0, 0.05) is 30.0 Å². The van der Waals surface area contributed by atoms with E-state index in [0.717, 1.165) is 5.56 Å². The lowest BCUT2D eigenvalue weighted by Gasteiger charge is -2.33. The number of rotatable bonds is 5. The number of ketones is 1. The van der Waals surface area contributed by atoms with E-state index in [-0.39, 0.29) is 30.6 Å². The molecular weight excluding hydrogens is 357 g/mol. The van der Waals surface area contributed by atoms with E-state index in [1.165, 1.54) is 24.3 Å². The van der Waals surface area contributed by atoms with Crippen molar-refractivity contribution in [2.24, 2.45) is 0 Å². The summed E-state index contributed by atoms with van der Waals surface area (Å²) in [6.45, 7) is 1.37. The number of ether oxygens (including phenoxy) is 1. The minimum Gasteiger partial charge on any atom is -0.370 e. The molecule has 1 amide bonds. The minimum atomic E-state index is -0.391. The molecule has 4 nitrogen and oxygen atoms in total. The van der Waals surface area contributed by atoms with Crippen molar-refractivity contribution in [2.75, 3.05) is 19.7 Å². The van der Waals surface area contributed by atoms with Crippen molar-refractivity contribution < 1.29 is 18.7 Å². The Hall–Kier alpha value is -2.24. The number of benzene rings is 2. The van der Waals surface area contributed by atoms with Gasteiger partial charge in [0.05, 0.1) is 13.2 Å². The number of hydrogen-bond acceptors (Lipinski definition) is 3. The zero-order chi connectivity index (χ0) is 18.5. The van der Waals surface area contributed by atoms with Gasteiger partial charge in [0.15, 0.2) is 5.78 Å². The number of carbonyl (C=O) groups is 2. The quantitative estimate of drug-likeness (QED) is 0.741. The van der Waals surface area contributed by atoms with Crippen molar-refractivity contribution >= 4 is 23.3 Å². The first-order chi connectivity index (χ1) is 12.5. The maximum Gasteiger partial charge on any atom is 0.223 e. The Morgan fingerprint density at radius 3 is 2.65 bits per heavy atom. The van der Waals surface area contributed by atoms with E-state index < -0.39 is 5.82 Å². The molecule has 0 spiro atoms. The summed E-state index contributed by atoms with van der Waals surface area (Å²) in [5.41, 5.74) is 1.34. The molecule has 0 bridgehead atoms. The van der Waals surface area contributed by atoms with Crippen LogP contribution < -0.4 is 0 Å². The summed E-state index contributed by atoms with van der Waals surface area (Å²) in [6, 6.07) is 12.7. The lowest BCUT2D eigenvalue weighted by molar-refractivity contribution is -0.139. The van der Waals surface area contributed by atoms with Crippen molar-refractivity contribution in [1.29, 1.82) is 0 Å². The first kappa shape index (κ1) is 18.5. The molecule has 1 saturated heterocycles. The number of morpholine rings is 1. The highest BCUT2D eigenvalue weighted by Gasteiger charge is 2.25. The summed E-state index contributed by atoms with van der Waals surface area (Å²) in [7, 11) is 0. The molecule has 1 aliphatic rings. The highest BCUT2D eigenvalue weighted by Crippen LogP contribution is 2.25. The Morgan fingerprint density at radius 2 is 1.92 bits per heavy atom. The molecule has 136 valence electrons. The molecule has 3 rings (SSSR count). The van der Waals surface area contributed by atoms with Crippen LogP contribution >= 0.6 is 11.6 Å². The van der Waals surface area contributed by atoms with Gasteiger partial charge in [-0.05, 0) is 42.0 Å². The molecule has 0 radical (unpaired) electrons. The fourth-order valence-electron chi connectivity index (χ4n) is 2.94. The van der Waals surface area contributed by atoms with E-state index in [1.807, 2.05) is 18.2 Å². The molecule has 0 N–H and O–H groups in total. The molecule has 1 unspecified atom stereocenters. The summed E-state index contributed by atoms with van der Waals surface area (Å²) in [5.74, 6) is -0.646. The fourth-order valence-corrected chi connectivity index (χ4v) is 3.14. The zero-order valence-corrected chi connectivity index (χ0v) is 14.9. The molecule has 6 heteroatoms. The molecule has 1 atom stereocenters. The van der Waals surface area contributed by atoms with E-state index in [0.29, 0.717) is 30.3 Å². The average molecular weight is 376 g/mol. The summed E-state index contributed by atoms with van der Waals surface area (Å²) < 4.78 is 18.7. The van der Waals surface area contributed by atoms with Crippen molar-refractivity contribution in [3.8, 4) is 0 Å². The highest BCUT2D eigenvalue weighted by atomic mass is 35.5. The number of carbonyl (C=O) groups excluding carboxylic acids is 2. The second-order valence-corrected chi connectivity index (χ2v) is 6.62. The SMILES string of the molecule is O=C(CCC(=O)N1CCOC(c2cccc(Cl)c2)C1)c1ccc(F)cc1. The number of amides is 1. The van der Waals surface area contributed by atoms with Gasteiger partial charge in [0.1, 0.15) is 11.9 Å². The van der Waals surface area contributed by atoms with Gasteiger partial charge in [0.2, 0.25) is 5.91 Å². The van der Waals surface area contributed by atoms with Crippen LogP contribution in [0.1, 0.15) is 34.9 Å². The molecule has 1 aliphatic heterocycles. The molecule has 0 aromatic heterocycles.